The fraction of sp³-hybridized carbons (Fsp3) is 0.0870. The van der Waals surface area contributed by atoms with E-state index < -0.39 is 15.8 Å². The summed E-state index contributed by atoms with van der Waals surface area (Å²) in [5, 5.41) is 17.1. The van der Waals surface area contributed by atoms with E-state index in [-0.39, 0.29) is 21.2 Å². The molecule has 0 aliphatic carbocycles. The van der Waals surface area contributed by atoms with Crippen LogP contribution in [0.25, 0.3) is 16.9 Å². The molecule has 0 bridgehead atoms. The average molecular weight is 449 g/mol. The van der Waals surface area contributed by atoms with Crippen LogP contribution in [-0.4, -0.2) is 41.6 Å². The van der Waals surface area contributed by atoms with Gasteiger partial charge >= 0.3 is 5.97 Å². The summed E-state index contributed by atoms with van der Waals surface area (Å²) in [7, 11) is -2.58. The van der Waals surface area contributed by atoms with Crippen molar-refractivity contribution in [1.29, 1.82) is 0 Å². The molecule has 0 amide bonds. The second-order valence-electron chi connectivity index (χ2n) is 7.06. The standard InChI is InChI=1S/C23H19N3O5S/c1-15-6-8-16(9-7-15)21-22(32(29,30)20-5-3-4-19(14-20)31-2)24-25-26(21)18-12-10-17(11-13-18)23(27)28/h3-14H,1-2H3,(H,27,28). The van der Waals surface area contributed by atoms with Gasteiger partial charge in [0.2, 0.25) is 14.9 Å². The number of carboxylic acids is 1. The van der Waals surface area contributed by atoms with Crippen molar-refractivity contribution in [1.82, 2.24) is 15.0 Å². The number of carboxylic acid groups (broad SMARTS) is 1. The van der Waals surface area contributed by atoms with E-state index >= 15 is 0 Å². The lowest BCUT2D eigenvalue weighted by Crippen LogP contribution is -2.06. The maximum absolute atomic E-state index is 13.5. The van der Waals surface area contributed by atoms with Gasteiger partial charge in [-0.1, -0.05) is 41.1 Å². The van der Waals surface area contributed by atoms with E-state index in [9.17, 15) is 13.2 Å². The topological polar surface area (TPSA) is 111 Å². The molecule has 4 aromatic rings. The van der Waals surface area contributed by atoms with Crippen LogP contribution in [0.4, 0.5) is 0 Å². The van der Waals surface area contributed by atoms with Gasteiger partial charge in [-0.25, -0.2) is 17.9 Å². The van der Waals surface area contributed by atoms with Crippen molar-refractivity contribution >= 4 is 15.8 Å². The molecule has 3 aromatic carbocycles. The summed E-state index contributed by atoms with van der Waals surface area (Å²) < 4.78 is 33.6. The van der Waals surface area contributed by atoms with Gasteiger partial charge in [0.05, 0.1) is 23.3 Å². The highest BCUT2D eigenvalue weighted by molar-refractivity contribution is 7.91. The summed E-state index contributed by atoms with van der Waals surface area (Å²) >= 11 is 0. The van der Waals surface area contributed by atoms with Crippen LogP contribution in [0, 0.1) is 6.92 Å². The van der Waals surface area contributed by atoms with Gasteiger partial charge in [-0.2, -0.15) is 0 Å². The number of aryl methyl sites for hydroxylation is 1. The Hall–Kier alpha value is -3.98. The third kappa shape index (κ3) is 3.85. The van der Waals surface area contributed by atoms with Crippen LogP contribution >= 0.6 is 0 Å². The molecule has 0 spiro atoms. The molecule has 0 unspecified atom stereocenters. The molecule has 1 N–H and O–H groups in total. The Bertz CT molecular complexity index is 1390. The lowest BCUT2D eigenvalue weighted by molar-refractivity contribution is 0.0697. The summed E-state index contributed by atoms with van der Waals surface area (Å²) in [6.45, 7) is 1.93. The van der Waals surface area contributed by atoms with Gasteiger partial charge in [-0.15, -0.1) is 5.10 Å². The Morgan fingerprint density at radius 1 is 1.00 bits per heavy atom. The van der Waals surface area contributed by atoms with E-state index in [4.69, 9.17) is 9.84 Å². The molecular formula is C23H19N3O5S. The average Bonchev–Trinajstić information content (AvgIpc) is 3.25. The van der Waals surface area contributed by atoms with E-state index in [1.807, 2.05) is 19.1 Å². The Labute approximate surface area is 184 Å². The predicted octanol–water partition coefficient (Wildman–Crippen LogP) is 3.78. The number of aromatic carboxylic acids is 1. The van der Waals surface area contributed by atoms with Crippen molar-refractivity contribution in [3.8, 4) is 22.7 Å². The lowest BCUT2D eigenvalue weighted by Gasteiger charge is -2.10. The summed E-state index contributed by atoms with van der Waals surface area (Å²) in [6, 6.07) is 19.4. The molecule has 0 atom stereocenters. The number of benzene rings is 3. The van der Waals surface area contributed by atoms with Crippen molar-refractivity contribution in [3.63, 3.8) is 0 Å². The van der Waals surface area contributed by atoms with Crippen LogP contribution in [0.3, 0.4) is 0 Å². The van der Waals surface area contributed by atoms with E-state index in [0.717, 1.165) is 5.56 Å². The normalized spacial score (nSPS) is 11.3. The first-order valence-electron chi connectivity index (χ1n) is 9.57. The minimum Gasteiger partial charge on any atom is -0.497 e. The zero-order chi connectivity index (χ0) is 22.9. The molecule has 0 saturated heterocycles. The molecule has 1 heterocycles. The first kappa shape index (κ1) is 21.3. The fourth-order valence-corrected chi connectivity index (χ4v) is 4.57. The van der Waals surface area contributed by atoms with Crippen molar-refractivity contribution in [2.24, 2.45) is 0 Å². The largest absolute Gasteiger partial charge is 0.497 e. The second-order valence-corrected chi connectivity index (χ2v) is 8.92. The molecule has 0 fully saturated rings. The van der Waals surface area contributed by atoms with E-state index in [1.165, 1.54) is 36.1 Å². The van der Waals surface area contributed by atoms with Crippen LogP contribution in [0.5, 0.6) is 5.75 Å². The van der Waals surface area contributed by atoms with E-state index in [1.54, 1.807) is 36.4 Å². The Morgan fingerprint density at radius 3 is 2.31 bits per heavy atom. The van der Waals surface area contributed by atoms with Crippen LogP contribution < -0.4 is 4.74 Å². The number of nitrogens with zero attached hydrogens (tertiary/aromatic N) is 3. The second kappa shape index (κ2) is 8.27. The van der Waals surface area contributed by atoms with Crippen LogP contribution in [0.2, 0.25) is 0 Å². The van der Waals surface area contributed by atoms with Crippen molar-refractivity contribution in [3.05, 3.63) is 83.9 Å². The van der Waals surface area contributed by atoms with Crippen LogP contribution in [0.15, 0.2) is 82.7 Å². The number of sulfone groups is 1. The number of aromatic nitrogens is 3. The van der Waals surface area contributed by atoms with Crippen molar-refractivity contribution in [2.45, 2.75) is 16.8 Å². The first-order chi connectivity index (χ1) is 15.3. The minimum absolute atomic E-state index is 0.0264. The molecule has 0 radical (unpaired) electrons. The van der Waals surface area contributed by atoms with Gasteiger partial charge < -0.3 is 9.84 Å². The van der Waals surface area contributed by atoms with E-state index in [2.05, 4.69) is 10.3 Å². The van der Waals surface area contributed by atoms with Gasteiger partial charge in [0.25, 0.3) is 0 Å². The SMILES string of the molecule is COc1cccc(S(=O)(=O)c2nnn(-c3ccc(C(=O)O)cc3)c2-c2ccc(C)cc2)c1. The van der Waals surface area contributed by atoms with Gasteiger partial charge in [-0.3, -0.25) is 0 Å². The quantitative estimate of drug-likeness (QED) is 0.477. The Balaban J connectivity index is 1.93. The van der Waals surface area contributed by atoms with Gasteiger partial charge in [-0.05, 0) is 49.4 Å². The molecule has 9 heteroatoms. The number of hydrogen-bond donors (Lipinski definition) is 1. The lowest BCUT2D eigenvalue weighted by atomic mass is 10.1. The molecule has 0 saturated carbocycles. The fourth-order valence-electron chi connectivity index (χ4n) is 3.21. The molecular weight excluding hydrogens is 430 g/mol. The number of ether oxygens (including phenoxy) is 1. The van der Waals surface area contributed by atoms with Crippen LogP contribution in [0.1, 0.15) is 15.9 Å². The Kier molecular flexibility index (Phi) is 5.50. The van der Waals surface area contributed by atoms with Gasteiger partial charge in [0.1, 0.15) is 11.4 Å². The molecule has 0 aliphatic rings. The number of hydrogen-bond acceptors (Lipinski definition) is 6. The third-order valence-electron chi connectivity index (χ3n) is 4.93. The van der Waals surface area contributed by atoms with Gasteiger partial charge in [0.15, 0.2) is 0 Å². The molecule has 8 nitrogen and oxygen atoms in total. The number of rotatable bonds is 6. The maximum atomic E-state index is 13.5. The van der Waals surface area contributed by atoms with Crippen molar-refractivity contribution < 1.29 is 23.1 Å². The number of carbonyl (C=O) groups is 1. The smallest absolute Gasteiger partial charge is 0.335 e. The van der Waals surface area contributed by atoms with Gasteiger partial charge in [0, 0.05) is 5.56 Å². The zero-order valence-corrected chi connectivity index (χ0v) is 18.1. The molecule has 1 aromatic heterocycles. The summed E-state index contributed by atoms with van der Waals surface area (Å²) in [5.74, 6) is -0.658. The maximum Gasteiger partial charge on any atom is 0.335 e. The number of methoxy groups -OCH3 is 1. The minimum atomic E-state index is -4.04. The zero-order valence-electron chi connectivity index (χ0n) is 17.3. The predicted molar refractivity (Wildman–Crippen MR) is 117 cm³/mol. The summed E-state index contributed by atoms with van der Waals surface area (Å²) in [6.07, 6.45) is 0. The third-order valence-corrected chi connectivity index (χ3v) is 6.59. The molecule has 162 valence electrons. The van der Waals surface area contributed by atoms with E-state index in [0.29, 0.717) is 17.0 Å². The monoisotopic (exact) mass is 449 g/mol. The Morgan fingerprint density at radius 2 is 1.69 bits per heavy atom. The summed E-state index contributed by atoms with van der Waals surface area (Å²) in [5.41, 5.74) is 2.47. The first-order valence-corrected chi connectivity index (χ1v) is 11.0. The highest BCUT2D eigenvalue weighted by atomic mass is 32.2. The molecule has 0 aliphatic heterocycles. The van der Waals surface area contributed by atoms with Crippen molar-refractivity contribution in [2.75, 3.05) is 7.11 Å². The highest BCUT2D eigenvalue weighted by Gasteiger charge is 2.29. The highest BCUT2D eigenvalue weighted by Crippen LogP contribution is 2.33. The van der Waals surface area contributed by atoms with Crippen LogP contribution in [-0.2, 0) is 9.84 Å². The summed E-state index contributed by atoms with van der Waals surface area (Å²) in [4.78, 5) is 11.2. The molecule has 32 heavy (non-hydrogen) atoms. The molecule has 4 rings (SSSR count).